The molecule has 0 radical (unpaired) electrons. The summed E-state index contributed by atoms with van der Waals surface area (Å²) < 4.78 is 11.8. The average Bonchev–Trinajstić information content (AvgIpc) is 3.05. The van der Waals surface area contributed by atoms with Crippen LogP contribution in [0.2, 0.25) is 18.1 Å². The summed E-state index contributed by atoms with van der Waals surface area (Å²) >= 11 is 0. The van der Waals surface area contributed by atoms with Crippen molar-refractivity contribution >= 4 is 20.0 Å². The highest BCUT2D eigenvalue weighted by Gasteiger charge is 2.58. The van der Waals surface area contributed by atoms with E-state index in [4.69, 9.17) is 14.0 Å². The van der Waals surface area contributed by atoms with E-state index in [1.165, 1.54) is 7.11 Å². The summed E-state index contributed by atoms with van der Waals surface area (Å²) in [6.07, 6.45) is -0.114. The minimum Gasteiger partial charge on any atom is -0.466 e. The molecule has 0 fully saturated rings. The molecule has 1 aromatic carbocycles. The summed E-state index contributed by atoms with van der Waals surface area (Å²) in [5.74, 6) is -0.377. The number of hydrogen-bond donors (Lipinski definition) is 0. The summed E-state index contributed by atoms with van der Waals surface area (Å²) in [7, 11) is -0.757. The molecule has 2 rings (SSSR count). The first-order valence-electron chi connectivity index (χ1n) is 9.51. The lowest BCUT2D eigenvalue weighted by molar-refractivity contribution is -0.183. The van der Waals surface area contributed by atoms with Crippen LogP contribution in [-0.4, -0.2) is 38.8 Å². The van der Waals surface area contributed by atoms with Gasteiger partial charge in [-0.2, -0.15) is 0 Å². The predicted molar refractivity (Wildman–Crippen MR) is 110 cm³/mol. The molecule has 1 aliphatic heterocycles. The van der Waals surface area contributed by atoms with Crippen molar-refractivity contribution in [2.75, 3.05) is 7.11 Å². The molecule has 6 heteroatoms. The van der Waals surface area contributed by atoms with Crippen molar-refractivity contribution in [3.05, 3.63) is 35.9 Å². The van der Waals surface area contributed by atoms with Gasteiger partial charge in [-0.3, -0.25) is 0 Å². The molecule has 150 valence electrons. The third-order valence-electron chi connectivity index (χ3n) is 5.68. The van der Waals surface area contributed by atoms with E-state index < -0.39 is 26.0 Å². The zero-order valence-corrected chi connectivity index (χ0v) is 18.8. The van der Waals surface area contributed by atoms with Gasteiger partial charge in [-0.05, 0) is 29.6 Å². The first-order chi connectivity index (χ1) is 12.4. The molecule has 0 aliphatic carbocycles. The van der Waals surface area contributed by atoms with Crippen LogP contribution < -0.4 is 0 Å². The van der Waals surface area contributed by atoms with Crippen LogP contribution in [0.3, 0.4) is 0 Å². The van der Waals surface area contributed by atoms with Crippen LogP contribution in [0.5, 0.6) is 0 Å². The van der Waals surface area contributed by atoms with Crippen molar-refractivity contribution < 1.29 is 18.8 Å². The molecule has 0 saturated heterocycles. The largest absolute Gasteiger partial charge is 0.466 e. The van der Waals surface area contributed by atoms with E-state index in [0.29, 0.717) is 6.42 Å². The van der Waals surface area contributed by atoms with Gasteiger partial charge < -0.3 is 14.0 Å². The number of carbonyl (C=O) groups excluding carboxylic acids is 1. The van der Waals surface area contributed by atoms with Gasteiger partial charge in [0.25, 0.3) is 5.60 Å². The smallest absolute Gasteiger partial charge is 0.356 e. The fourth-order valence-corrected chi connectivity index (χ4v) is 4.50. The third-order valence-corrected chi connectivity index (χ3v) is 10.1. The molecular formula is C21H33NO4Si. The molecule has 0 bridgehead atoms. The molecule has 1 aliphatic rings. The molecule has 5 nitrogen and oxygen atoms in total. The van der Waals surface area contributed by atoms with Crippen molar-refractivity contribution in [1.29, 1.82) is 0 Å². The van der Waals surface area contributed by atoms with Crippen molar-refractivity contribution in [2.24, 2.45) is 11.1 Å². The van der Waals surface area contributed by atoms with Crippen molar-refractivity contribution in [2.45, 2.75) is 70.9 Å². The van der Waals surface area contributed by atoms with Gasteiger partial charge in [0.2, 0.25) is 0 Å². The van der Waals surface area contributed by atoms with Gasteiger partial charge in [-0.15, -0.1) is 0 Å². The highest BCUT2D eigenvalue weighted by Crippen LogP contribution is 2.43. The van der Waals surface area contributed by atoms with Gasteiger partial charge in [0.05, 0.1) is 19.2 Å². The molecule has 0 N–H and O–H groups in total. The van der Waals surface area contributed by atoms with Gasteiger partial charge >= 0.3 is 5.97 Å². The number of esters is 1. The van der Waals surface area contributed by atoms with Crippen LogP contribution in [0, 0.1) is 5.92 Å². The minimum atomic E-state index is -2.14. The van der Waals surface area contributed by atoms with Gasteiger partial charge in [0, 0.05) is 0 Å². The van der Waals surface area contributed by atoms with Crippen LogP contribution in [0.25, 0.3) is 0 Å². The Morgan fingerprint density at radius 3 is 2.30 bits per heavy atom. The first-order valence-corrected chi connectivity index (χ1v) is 12.4. The maximum absolute atomic E-state index is 12.9. The zero-order chi connectivity index (χ0) is 20.5. The lowest BCUT2D eigenvalue weighted by Crippen LogP contribution is -2.58. The highest BCUT2D eigenvalue weighted by atomic mass is 28.4. The molecule has 0 aromatic heterocycles. The number of nitrogens with zero attached hydrogens (tertiary/aromatic N) is 1. The monoisotopic (exact) mass is 391 g/mol. The van der Waals surface area contributed by atoms with Gasteiger partial charge in [-0.1, -0.05) is 70.1 Å². The number of benzene rings is 1. The standard InChI is InChI=1S/C21H33NO4Si/c1-15(2)18(25-27(7,8)20(3,4)5)21(19(23)24-6)14-17(22-26-21)16-12-10-9-11-13-16/h9-13,15,18H,14H2,1-8H3/t18-,21+/m1/s1. The molecule has 1 heterocycles. The van der Waals surface area contributed by atoms with Crippen LogP contribution in [-0.2, 0) is 18.8 Å². The number of oxime groups is 1. The van der Waals surface area contributed by atoms with Crippen LogP contribution in [0.15, 0.2) is 35.5 Å². The molecule has 0 saturated carbocycles. The Kier molecular flexibility index (Phi) is 6.22. The topological polar surface area (TPSA) is 57.1 Å². The summed E-state index contributed by atoms with van der Waals surface area (Å²) in [6.45, 7) is 15.0. The Labute approximate surface area is 164 Å². The SMILES string of the molecule is COC(=O)[C@@]1([C@H](O[Si](C)(C)C(C)(C)C)C(C)C)CC(c2ccccc2)=NO1. The fraction of sp³-hybridized carbons (Fsp3) is 0.619. The number of ether oxygens (including phenoxy) is 1. The Bertz CT molecular complexity index is 694. The first kappa shape index (κ1) is 21.6. The maximum atomic E-state index is 12.9. The van der Waals surface area contributed by atoms with Gasteiger partial charge in [0.1, 0.15) is 6.10 Å². The van der Waals surface area contributed by atoms with E-state index in [-0.39, 0.29) is 11.0 Å². The number of rotatable bonds is 6. The maximum Gasteiger partial charge on any atom is 0.356 e. The van der Waals surface area contributed by atoms with E-state index in [1.54, 1.807) is 0 Å². The second-order valence-electron chi connectivity index (χ2n) is 9.10. The number of carbonyl (C=O) groups is 1. The molecular weight excluding hydrogens is 358 g/mol. The second kappa shape index (κ2) is 7.76. The normalized spacial score (nSPS) is 21.6. The number of methoxy groups -OCH3 is 1. The molecule has 0 spiro atoms. The van der Waals surface area contributed by atoms with Crippen molar-refractivity contribution in [3.63, 3.8) is 0 Å². The van der Waals surface area contributed by atoms with Crippen LogP contribution >= 0.6 is 0 Å². The summed E-state index contributed by atoms with van der Waals surface area (Å²) in [4.78, 5) is 18.8. The van der Waals surface area contributed by atoms with E-state index >= 15 is 0 Å². The Balaban J connectivity index is 2.41. The zero-order valence-electron chi connectivity index (χ0n) is 17.8. The highest BCUT2D eigenvalue weighted by molar-refractivity contribution is 6.74. The second-order valence-corrected chi connectivity index (χ2v) is 13.9. The molecule has 0 unspecified atom stereocenters. The predicted octanol–water partition coefficient (Wildman–Crippen LogP) is 4.77. The summed E-state index contributed by atoms with van der Waals surface area (Å²) in [5.41, 5.74) is 0.424. The number of hydrogen-bond acceptors (Lipinski definition) is 5. The van der Waals surface area contributed by atoms with Crippen molar-refractivity contribution in [3.8, 4) is 0 Å². The fourth-order valence-electron chi connectivity index (χ4n) is 3.05. The Morgan fingerprint density at radius 2 is 1.81 bits per heavy atom. The van der Waals surface area contributed by atoms with Gasteiger partial charge in [-0.25, -0.2) is 4.79 Å². The Morgan fingerprint density at radius 1 is 1.22 bits per heavy atom. The van der Waals surface area contributed by atoms with E-state index in [2.05, 4.69) is 39.0 Å². The molecule has 0 amide bonds. The molecule has 2 atom stereocenters. The summed E-state index contributed by atoms with van der Waals surface area (Å²) in [6, 6.07) is 9.78. The lowest BCUT2D eigenvalue weighted by atomic mass is 9.83. The van der Waals surface area contributed by atoms with E-state index in [1.807, 2.05) is 44.2 Å². The quantitative estimate of drug-likeness (QED) is 0.518. The molecule has 27 heavy (non-hydrogen) atoms. The Hall–Kier alpha value is -1.66. The van der Waals surface area contributed by atoms with E-state index in [9.17, 15) is 4.79 Å². The van der Waals surface area contributed by atoms with Crippen LogP contribution in [0.1, 0.15) is 46.6 Å². The van der Waals surface area contributed by atoms with Crippen molar-refractivity contribution in [1.82, 2.24) is 0 Å². The van der Waals surface area contributed by atoms with Gasteiger partial charge in [0.15, 0.2) is 8.32 Å². The minimum absolute atomic E-state index is 0.0131. The summed E-state index contributed by atoms with van der Waals surface area (Å²) in [5, 5.41) is 4.29. The average molecular weight is 392 g/mol. The van der Waals surface area contributed by atoms with Crippen LogP contribution in [0.4, 0.5) is 0 Å². The van der Waals surface area contributed by atoms with E-state index in [0.717, 1.165) is 11.3 Å². The lowest BCUT2D eigenvalue weighted by Gasteiger charge is -2.44. The third kappa shape index (κ3) is 4.27. The molecule has 1 aromatic rings.